The van der Waals surface area contributed by atoms with Crippen LogP contribution in [0.3, 0.4) is 0 Å². The topological polar surface area (TPSA) is 73.0 Å². The summed E-state index contributed by atoms with van der Waals surface area (Å²) in [4.78, 5) is 44.0. The largest absolute Gasteiger partial charge is 0.344 e. The highest BCUT2D eigenvalue weighted by atomic mass is 16.2. The number of piperidine rings is 1. The molecule has 0 aromatic rings. The summed E-state index contributed by atoms with van der Waals surface area (Å²) < 4.78 is 0. The molecular formula is C22H40N4O3. The minimum atomic E-state index is -0.486. The second kappa shape index (κ2) is 11.0. The third-order valence-corrected chi connectivity index (χ3v) is 6.04. The normalized spacial score (nSPS) is 20.7. The van der Waals surface area contributed by atoms with Crippen LogP contribution in [0.25, 0.3) is 0 Å². The first-order valence-electron chi connectivity index (χ1n) is 11.3. The van der Waals surface area contributed by atoms with E-state index in [4.69, 9.17) is 0 Å². The summed E-state index contributed by atoms with van der Waals surface area (Å²) in [6.07, 6.45) is 3.84. The molecule has 2 unspecified atom stereocenters. The number of nitrogens with zero attached hydrogens (tertiary/aromatic N) is 3. The monoisotopic (exact) mass is 408 g/mol. The number of carbonyl (C=O) groups excluding carboxylic acids is 3. The fourth-order valence-corrected chi connectivity index (χ4v) is 4.18. The molecule has 0 bridgehead atoms. The van der Waals surface area contributed by atoms with Crippen LogP contribution in [0, 0.1) is 11.8 Å². The van der Waals surface area contributed by atoms with Gasteiger partial charge in [-0.15, -0.1) is 0 Å². The fraction of sp³-hybridized carbons (Fsp3) is 0.864. The van der Waals surface area contributed by atoms with E-state index in [1.807, 2.05) is 44.4 Å². The van der Waals surface area contributed by atoms with Crippen LogP contribution in [-0.4, -0.2) is 83.8 Å². The molecule has 3 amide bonds. The van der Waals surface area contributed by atoms with Crippen molar-refractivity contribution in [2.45, 2.75) is 72.4 Å². The van der Waals surface area contributed by atoms with Crippen molar-refractivity contribution in [1.82, 2.24) is 20.0 Å². The first-order chi connectivity index (χ1) is 13.7. The van der Waals surface area contributed by atoms with Crippen LogP contribution >= 0.6 is 0 Å². The zero-order valence-electron chi connectivity index (χ0n) is 18.9. The average molecular weight is 409 g/mol. The number of hydrogen-bond donors (Lipinski definition) is 1. The van der Waals surface area contributed by atoms with Crippen molar-refractivity contribution >= 4 is 17.7 Å². The minimum Gasteiger partial charge on any atom is -0.344 e. The van der Waals surface area contributed by atoms with E-state index in [9.17, 15) is 14.4 Å². The first kappa shape index (κ1) is 23.6. The summed E-state index contributed by atoms with van der Waals surface area (Å²) in [6, 6.07) is -0.628. The highest BCUT2D eigenvalue weighted by molar-refractivity contribution is 5.88. The molecule has 2 rings (SSSR count). The Morgan fingerprint density at radius 1 is 0.759 bits per heavy atom. The molecule has 2 atom stereocenters. The predicted octanol–water partition coefficient (Wildman–Crippen LogP) is 1.72. The van der Waals surface area contributed by atoms with E-state index in [0.717, 1.165) is 25.9 Å². The van der Waals surface area contributed by atoms with Crippen molar-refractivity contribution < 1.29 is 14.4 Å². The molecule has 7 heteroatoms. The Kier molecular flexibility index (Phi) is 8.93. The molecule has 2 aliphatic heterocycles. The van der Waals surface area contributed by atoms with Gasteiger partial charge in [-0.1, -0.05) is 27.7 Å². The molecule has 0 aromatic carbocycles. The van der Waals surface area contributed by atoms with Crippen molar-refractivity contribution in [2.24, 2.45) is 11.8 Å². The zero-order valence-corrected chi connectivity index (χ0v) is 18.9. The number of carbonyl (C=O) groups is 3. The van der Waals surface area contributed by atoms with E-state index in [1.54, 1.807) is 0 Å². The number of piperazine rings is 1. The van der Waals surface area contributed by atoms with Crippen LogP contribution < -0.4 is 5.32 Å². The van der Waals surface area contributed by atoms with Gasteiger partial charge in [0.2, 0.25) is 17.7 Å². The van der Waals surface area contributed by atoms with Crippen LogP contribution in [0.15, 0.2) is 0 Å². The number of hydrogen-bond acceptors (Lipinski definition) is 4. The summed E-state index contributed by atoms with van der Waals surface area (Å²) in [5.41, 5.74) is 0. The molecule has 2 saturated heterocycles. The van der Waals surface area contributed by atoms with E-state index >= 15 is 0 Å². The smallest absolute Gasteiger partial charge is 0.245 e. The van der Waals surface area contributed by atoms with Gasteiger partial charge in [-0.05, 0) is 38.0 Å². The molecule has 0 aliphatic carbocycles. The lowest BCUT2D eigenvalue weighted by Crippen LogP contribution is -2.59. The molecule has 0 aromatic heterocycles. The molecule has 0 spiro atoms. The third kappa shape index (κ3) is 6.69. The van der Waals surface area contributed by atoms with E-state index < -0.39 is 6.04 Å². The highest BCUT2D eigenvalue weighted by Gasteiger charge is 2.34. The molecule has 166 valence electrons. The lowest BCUT2D eigenvalue weighted by molar-refractivity contribution is -0.142. The number of nitrogens with one attached hydrogen (secondary N) is 1. The Labute approximate surface area is 176 Å². The summed E-state index contributed by atoms with van der Waals surface area (Å²) >= 11 is 0. The maximum Gasteiger partial charge on any atom is 0.245 e. The molecule has 7 nitrogen and oxygen atoms in total. The fourth-order valence-electron chi connectivity index (χ4n) is 4.18. The average Bonchev–Trinajstić information content (AvgIpc) is 2.70. The second-order valence-electron chi connectivity index (χ2n) is 9.31. The van der Waals surface area contributed by atoms with Gasteiger partial charge >= 0.3 is 0 Å². The molecule has 2 heterocycles. The van der Waals surface area contributed by atoms with Gasteiger partial charge in [-0.2, -0.15) is 0 Å². The van der Waals surface area contributed by atoms with Gasteiger partial charge in [0.25, 0.3) is 0 Å². The Morgan fingerprint density at radius 3 is 1.83 bits per heavy atom. The molecule has 2 fully saturated rings. The van der Waals surface area contributed by atoms with E-state index in [0.29, 0.717) is 32.6 Å². The van der Waals surface area contributed by atoms with Crippen molar-refractivity contribution in [3.05, 3.63) is 0 Å². The number of amides is 3. The van der Waals surface area contributed by atoms with Gasteiger partial charge in [0.05, 0.1) is 6.04 Å². The lowest BCUT2D eigenvalue weighted by atomic mass is 10.0. The molecule has 1 N–H and O–H groups in total. The zero-order chi connectivity index (χ0) is 21.6. The Morgan fingerprint density at radius 2 is 1.31 bits per heavy atom. The standard InChI is InChI=1S/C22H40N4O3/c1-16(2)15-19(27)23-20(17(3)4)22(29)26-13-11-24(12-14-26)18(5)21(28)25-9-7-6-8-10-25/h16-18,20H,6-15H2,1-5H3,(H,23,27). The summed E-state index contributed by atoms with van der Waals surface area (Å²) in [6.45, 7) is 14.2. The van der Waals surface area contributed by atoms with Gasteiger partial charge in [0.15, 0.2) is 0 Å². The van der Waals surface area contributed by atoms with Crippen molar-refractivity contribution in [2.75, 3.05) is 39.3 Å². The highest BCUT2D eigenvalue weighted by Crippen LogP contribution is 2.16. The van der Waals surface area contributed by atoms with E-state index in [2.05, 4.69) is 10.2 Å². The van der Waals surface area contributed by atoms with Crippen LogP contribution in [-0.2, 0) is 14.4 Å². The van der Waals surface area contributed by atoms with Gasteiger partial charge in [0.1, 0.15) is 6.04 Å². The summed E-state index contributed by atoms with van der Waals surface area (Å²) in [5.74, 6) is 0.445. The lowest BCUT2D eigenvalue weighted by Gasteiger charge is -2.40. The van der Waals surface area contributed by atoms with Gasteiger partial charge < -0.3 is 15.1 Å². The first-order valence-corrected chi connectivity index (χ1v) is 11.3. The maximum atomic E-state index is 13.0. The van der Waals surface area contributed by atoms with E-state index in [1.165, 1.54) is 6.42 Å². The summed E-state index contributed by atoms with van der Waals surface area (Å²) in [5, 5.41) is 2.94. The van der Waals surface area contributed by atoms with Crippen molar-refractivity contribution in [1.29, 1.82) is 0 Å². The van der Waals surface area contributed by atoms with Crippen molar-refractivity contribution in [3.63, 3.8) is 0 Å². The molecule has 2 aliphatic rings. The summed E-state index contributed by atoms with van der Waals surface area (Å²) in [7, 11) is 0. The van der Waals surface area contributed by atoms with E-state index in [-0.39, 0.29) is 35.6 Å². The van der Waals surface area contributed by atoms with Crippen molar-refractivity contribution in [3.8, 4) is 0 Å². The maximum absolute atomic E-state index is 13.0. The molecular weight excluding hydrogens is 368 g/mol. The Bertz CT molecular complexity index is 564. The van der Waals surface area contributed by atoms with Crippen LogP contribution in [0.1, 0.15) is 60.3 Å². The molecule has 0 saturated carbocycles. The SMILES string of the molecule is CC(C)CC(=O)NC(C(=O)N1CCN(C(C)C(=O)N2CCCCC2)CC1)C(C)C. The van der Waals surface area contributed by atoms with Crippen LogP contribution in [0.5, 0.6) is 0 Å². The van der Waals surface area contributed by atoms with Crippen LogP contribution in [0.2, 0.25) is 0 Å². The van der Waals surface area contributed by atoms with Crippen LogP contribution in [0.4, 0.5) is 0 Å². The quantitative estimate of drug-likeness (QED) is 0.696. The van der Waals surface area contributed by atoms with Gasteiger partial charge in [-0.25, -0.2) is 0 Å². The second-order valence-corrected chi connectivity index (χ2v) is 9.31. The molecule has 0 radical (unpaired) electrons. The molecule has 29 heavy (non-hydrogen) atoms. The van der Waals surface area contributed by atoms with Gasteiger partial charge in [-0.3, -0.25) is 19.3 Å². The third-order valence-electron chi connectivity index (χ3n) is 6.04. The Balaban J connectivity index is 1.88. The Hall–Kier alpha value is -1.63. The minimum absolute atomic E-state index is 0.00762. The predicted molar refractivity (Wildman–Crippen MR) is 114 cm³/mol. The number of likely N-dealkylation sites (tertiary alicyclic amines) is 1. The van der Waals surface area contributed by atoms with Gasteiger partial charge in [0, 0.05) is 45.7 Å². The number of rotatable bonds is 7.